The van der Waals surface area contributed by atoms with Gasteiger partial charge in [0.25, 0.3) is 0 Å². The third kappa shape index (κ3) is 2.83. The third-order valence-corrected chi connectivity index (χ3v) is 2.25. The fraction of sp³-hybridized carbons (Fsp3) is 0.111. The number of ketones is 1. The first-order valence-corrected chi connectivity index (χ1v) is 4.48. The lowest BCUT2D eigenvalue weighted by molar-refractivity contribution is -0.112. The van der Waals surface area contributed by atoms with Gasteiger partial charge in [-0.2, -0.15) is 0 Å². The molecule has 13 heavy (non-hydrogen) atoms. The molecule has 68 valence electrons. The van der Waals surface area contributed by atoms with Crippen LogP contribution in [0.2, 0.25) is 0 Å². The van der Waals surface area contributed by atoms with Gasteiger partial charge in [-0.25, -0.2) is 4.79 Å². The van der Waals surface area contributed by atoms with Crippen LogP contribution >= 0.6 is 11.3 Å². The molecule has 3 nitrogen and oxygen atoms in total. The smallest absolute Gasteiger partial charge is 0.336 e. The molecule has 0 aromatic carbocycles. The van der Waals surface area contributed by atoms with E-state index in [2.05, 4.69) is 0 Å². The minimum Gasteiger partial charge on any atom is -0.478 e. The van der Waals surface area contributed by atoms with E-state index in [1.807, 2.05) is 0 Å². The molecule has 0 spiro atoms. The molecule has 0 bridgehead atoms. The van der Waals surface area contributed by atoms with Crippen LogP contribution in [0, 0.1) is 0 Å². The zero-order valence-corrected chi connectivity index (χ0v) is 7.80. The fourth-order valence-corrected chi connectivity index (χ4v) is 1.53. The normalized spacial score (nSPS) is 10.5. The second kappa shape index (κ2) is 4.00. The van der Waals surface area contributed by atoms with E-state index in [0.29, 0.717) is 0 Å². The lowest BCUT2D eigenvalue weighted by Crippen LogP contribution is -1.91. The summed E-state index contributed by atoms with van der Waals surface area (Å²) in [5.74, 6) is -0.996. The monoisotopic (exact) mass is 196 g/mol. The van der Waals surface area contributed by atoms with Gasteiger partial charge in [0.1, 0.15) is 0 Å². The highest BCUT2D eigenvalue weighted by atomic mass is 32.1. The van der Waals surface area contributed by atoms with Gasteiger partial charge in [-0.1, -0.05) is 0 Å². The third-order valence-electron chi connectivity index (χ3n) is 1.35. The first kappa shape index (κ1) is 9.67. The van der Waals surface area contributed by atoms with E-state index in [1.165, 1.54) is 30.4 Å². The van der Waals surface area contributed by atoms with Gasteiger partial charge >= 0.3 is 5.97 Å². The molecule has 0 saturated heterocycles. The molecule has 1 aromatic rings. The molecule has 4 heteroatoms. The topological polar surface area (TPSA) is 54.4 Å². The second-order valence-corrected chi connectivity index (χ2v) is 3.43. The summed E-state index contributed by atoms with van der Waals surface area (Å²) in [7, 11) is 0. The summed E-state index contributed by atoms with van der Waals surface area (Å²) in [4.78, 5) is 21.8. The van der Waals surface area contributed by atoms with Gasteiger partial charge < -0.3 is 5.11 Å². The Balaban J connectivity index is 2.80. The molecular weight excluding hydrogens is 188 g/mol. The number of hydrogen-bond donors (Lipinski definition) is 1. The maximum Gasteiger partial charge on any atom is 0.336 e. The van der Waals surface area contributed by atoms with Gasteiger partial charge in [-0.3, -0.25) is 4.79 Å². The summed E-state index contributed by atoms with van der Waals surface area (Å²) < 4.78 is 0. The molecule has 1 heterocycles. The van der Waals surface area contributed by atoms with Crippen molar-refractivity contribution in [1.82, 2.24) is 0 Å². The summed E-state index contributed by atoms with van der Waals surface area (Å²) in [5, 5.41) is 10.1. The van der Waals surface area contributed by atoms with E-state index in [1.54, 1.807) is 11.5 Å². The van der Waals surface area contributed by atoms with Crippen molar-refractivity contribution in [1.29, 1.82) is 0 Å². The van der Waals surface area contributed by atoms with Crippen LogP contribution in [-0.2, 0) is 4.79 Å². The number of aromatic carboxylic acids is 1. The number of carboxylic acid groups (broad SMARTS) is 1. The Morgan fingerprint density at radius 2 is 2.23 bits per heavy atom. The first-order chi connectivity index (χ1) is 6.09. The molecule has 0 amide bonds. The van der Waals surface area contributed by atoms with E-state index in [9.17, 15) is 9.59 Å². The number of carboxylic acids is 1. The Labute approximate surface area is 79.3 Å². The minimum absolute atomic E-state index is 0.0507. The summed E-state index contributed by atoms with van der Waals surface area (Å²) in [5.41, 5.74) is 0.258. The average Bonchev–Trinajstić information content (AvgIpc) is 2.48. The summed E-state index contributed by atoms with van der Waals surface area (Å²) in [6.45, 7) is 1.45. The van der Waals surface area contributed by atoms with Gasteiger partial charge in [-0.15, -0.1) is 11.3 Å². The summed E-state index contributed by atoms with van der Waals surface area (Å²) in [6.07, 6.45) is 3.02. The Hall–Kier alpha value is -1.42. The second-order valence-electron chi connectivity index (χ2n) is 2.49. The fourth-order valence-electron chi connectivity index (χ4n) is 0.752. The SMILES string of the molecule is CC(=O)/C=C/c1cc(C(=O)O)cs1. The number of rotatable bonds is 3. The van der Waals surface area contributed by atoms with E-state index >= 15 is 0 Å². The number of carbonyl (C=O) groups is 2. The highest BCUT2D eigenvalue weighted by Crippen LogP contribution is 2.16. The van der Waals surface area contributed by atoms with Crippen LogP contribution in [-0.4, -0.2) is 16.9 Å². The van der Waals surface area contributed by atoms with Crippen LogP contribution in [0.1, 0.15) is 22.2 Å². The summed E-state index contributed by atoms with van der Waals surface area (Å²) >= 11 is 1.30. The molecule has 0 saturated carbocycles. The van der Waals surface area contributed by atoms with Crippen molar-refractivity contribution < 1.29 is 14.7 Å². The van der Waals surface area contributed by atoms with Crippen molar-refractivity contribution in [2.24, 2.45) is 0 Å². The van der Waals surface area contributed by atoms with Crippen LogP contribution in [0.15, 0.2) is 17.5 Å². The average molecular weight is 196 g/mol. The minimum atomic E-state index is -0.946. The predicted molar refractivity (Wildman–Crippen MR) is 51.0 cm³/mol. The zero-order valence-electron chi connectivity index (χ0n) is 6.98. The van der Waals surface area contributed by atoms with Gasteiger partial charge in [-0.05, 0) is 25.1 Å². The van der Waals surface area contributed by atoms with Crippen LogP contribution in [0.3, 0.4) is 0 Å². The summed E-state index contributed by atoms with van der Waals surface area (Å²) in [6, 6.07) is 1.53. The quantitative estimate of drug-likeness (QED) is 0.753. The molecule has 0 aliphatic carbocycles. The van der Waals surface area contributed by atoms with E-state index in [-0.39, 0.29) is 11.3 Å². The largest absolute Gasteiger partial charge is 0.478 e. The molecule has 0 unspecified atom stereocenters. The Morgan fingerprint density at radius 1 is 1.54 bits per heavy atom. The Bertz CT molecular complexity index is 363. The maximum absolute atomic E-state index is 10.6. The van der Waals surface area contributed by atoms with Crippen molar-refractivity contribution in [3.05, 3.63) is 28.0 Å². The standard InChI is InChI=1S/C9H8O3S/c1-6(10)2-3-8-4-7(5-13-8)9(11)12/h2-5H,1H3,(H,11,12)/b3-2+. The van der Waals surface area contributed by atoms with Gasteiger partial charge in [0.15, 0.2) is 5.78 Å². The lowest BCUT2D eigenvalue weighted by atomic mass is 10.3. The van der Waals surface area contributed by atoms with Crippen molar-refractivity contribution in [2.45, 2.75) is 6.92 Å². The van der Waals surface area contributed by atoms with Crippen molar-refractivity contribution >= 4 is 29.2 Å². The number of allylic oxidation sites excluding steroid dienone is 1. The van der Waals surface area contributed by atoms with Gasteiger partial charge in [0.2, 0.25) is 0 Å². The molecule has 0 fully saturated rings. The maximum atomic E-state index is 10.6. The molecule has 1 N–H and O–H groups in total. The molecule has 0 aliphatic heterocycles. The molecule has 0 atom stereocenters. The van der Waals surface area contributed by atoms with Crippen molar-refractivity contribution in [3.8, 4) is 0 Å². The number of thiophene rings is 1. The Kier molecular flexibility index (Phi) is 2.97. The highest BCUT2D eigenvalue weighted by Gasteiger charge is 2.03. The zero-order chi connectivity index (χ0) is 9.84. The number of hydrogen-bond acceptors (Lipinski definition) is 3. The van der Waals surface area contributed by atoms with E-state index in [4.69, 9.17) is 5.11 Å². The molecule has 0 radical (unpaired) electrons. The lowest BCUT2D eigenvalue weighted by Gasteiger charge is -1.82. The van der Waals surface area contributed by atoms with Crippen molar-refractivity contribution in [2.75, 3.05) is 0 Å². The molecule has 0 aliphatic rings. The van der Waals surface area contributed by atoms with Gasteiger partial charge in [0, 0.05) is 10.3 Å². The van der Waals surface area contributed by atoms with E-state index < -0.39 is 5.97 Å². The predicted octanol–water partition coefficient (Wildman–Crippen LogP) is 2.05. The van der Waals surface area contributed by atoms with Crippen molar-refractivity contribution in [3.63, 3.8) is 0 Å². The Morgan fingerprint density at radius 3 is 2.69 bits per heavy atom. The van der Waals surface area contributed by atoms with Gasteiger partial charge in [0.05, 0.1) is 5.56 Å². The van der Waals surface area contributed by atoms with E-state index in [0.717, 1.165) is 4.88 Å². The van der Waals surface area contributed by atoms with Crippen LogP contribution in [0.5, 0.6) is 0 Å². The van der Waals surface area contributed by atoms with Crippen LogP contribution in [0.4, 0.5) is 0 Å². The van der Waals surface area contributed by atoms with Crippen LogP contribution < -0.4 is 0 Å². The molecular formula is C9H8O3S. The van der Waals surface area contributed by atoms with Crippen LogP contribution in [0.25, 0.3) is 6.08 Å². The molecule has 1 aromatic heterocycles. The first-order valence-electron chi connectivity index (χ1n) is 3.60. The molecule has 1 rings (SSSR count). The number of carbonyl (C=O) groups excluding carboxylic acids is 1. The highest BCUT2D eigenvalue weighted by molar-refractivity contribution is 7.11.